The highest BCUT2D eigenvalue weighted by Crippen LogP contribution is 2.08. The lowest BCUT2D eigenvalue weighted by molar-refractivity contribution is 0.103. The maximum Gasteiger partial charge on any atom is 0.330 e. The van der Waals surface area contributed by atoms with Crippen molar-refractivity contribution in [3.05, 3.63) is 71.8 Å². The van der Waals surface area contributed by atoms with Gasteiger partial charge in [-0.2, -0.15) is 8.42 Å². The fourth-order valence-corrected chi connectivity index (χ4v) is 1.35. The predicted octanol–water partition coefficient (Wildman–Crippen LogP) is 1.67. The number of carbonyl (C=O) groups excluding carboxylic acids is 1. The summed E-state index contributed by atoms with van der Waals surface area (Å²) in [4.78, 5) is 11.8. The first-order valence-corrected chi connectivity index (χ1v) is 6.78. The maximum atomic E-state index is 11.8. The van der Waals surface area contributed by atoms with Gasteiger partial charge in [0.15, 0.2) is 5.78 Å². The Morgan fingerprint density at radius 3 is 1.37 bits per heavy atom. The Morgan fingerprint density at radius 2 is 1.11 bits per heavy atom. The number of benzene rings is 2. The zero-order valence-corrected chi connectivity index (χ0v) is 10.7. The average Bonchev–Trinajstić information content (AvgIpc) is 2.38. The van der Waals surface area contributed by atoms with E-state index in [4.69, 9.17) is 13.0 Å². The Bertz CT molecular complexity index is 575. The normalized spacial score (nSPS) is 10.2. The monoisotopic (exact) mass is 279 g/mol. The molecule has 100 valence electrons. The van der Waals surface area contributed by atoms with Gasteiger partial charge >= 0.3 is 10.3 Å². The highest BCUT2D eigenvalue weighted by molar-refractivity contribution is 7.83. The van der Waals surface area contributed by atoms with E-state index in [0.717, 1.165) is 11.1 Å². The van der Waals surface area contributed by atoms with Crippen LogP contribution in [0.1, 0.15) is 15.9 Å². The lowest BCUT2D eigenvalue weighted by Gasteiger charge is -1.99. The minimum Gasteiger partial charge on any atom is -0.289 e. The van der Waals surface area contributed by atoms with Gasteiger partial charge in [0, 0.05) is 11.1 Å². The Balaban J connectivity index is 0.000000312. The largest absolute Gasteiger partial charge is 0.330 e. The maximum absolute atomic E-state index is 11.8. The molecule has 2 rings (SSSR count). The molecule has 19 heavy (non-hydrogen) atoms. The number of hydrogen-bond donors (Lipinski definition) is 2. The Hall–Kier alpha value is -2.02. The van der Waals surface area contributed by atoms with Gasteiger partial charge in [-0.1, -0.05) is 60.7 Å². The van der Waals surface area contributed by atoms with Crippen LogP contribution < -0.4 is 5.14 Å². The zero-order valence-electron chi connectivity index (χ0n) is 9.93. The molecule has 0 aliphatic heterocycles. The molecule has 5 nitrogen and oxygen atoms in total. The molecule has 0 amide bonds. The Labute approximate surface area is 111 Å². The molecule has 3 N–H and O–H groups in total. The van der Waals surface area contributed by atoms with Crippen molar-refractivity contribution in [1.29, 1.82) is 0 Å². The Kier molecular flexibility index (Phi) is 5.37. The lowest BCUT2D eigenvalue weighted by Crippen LogP contribution is -2.08. The number of hydrogen-bond acceptors (Lipinski definition) is 3. The molecule has 0 heterocycles. The van der Waals surface area contributed by atoms with Crippen LogP contribution in [0.15, 0.2) is 60.7 Å². The highest BCUT2D eigenvalue weighted by Gasteiger charge is 2.06. The minimum atomic E-state index is -4.17. The van der Waals surface area contributed by atoms with Crippen LogP contribution in [0.3, 0.4) is 0 Å². The molecule has 0 atom stereocenters. The summed E-state index contributed by atoms with van der Waals surface area (Å²) in [6.45, 7) is 0. The van der Waals surface area contributed by atoms with Crippen LogP contribution in [-0.2, 0) is 10.3 Å². The molecule has 0 aliphatic carbocycles. The first kappa shape index (κ1) is 15.0. The summed E-state index contributed by atoms with van der Waals surface area (Å²) in [5, 5.41) is 3.88. The average molecular weight is 279 g/mol. The highest BCUT2D eigenvalue weighted by atomic mass is 32.2. The lowest BCUT2D eigenvalue weighted by atomic mass is 10.0. The van der Waals surface area contributed by atoms with E-state index in [9.17, 15) is 4.79 Å². The number of ketones is 1. The van der Waals surface area contributed by atoms with E-state index in [2.05, 4.69) is 5.14 Å². The third-order valence-electron chi connectivity index (χ3n) is 2.07. The van der Waals surface area contributed by atoms with Gasteiger partial charge in [-0.05, 0) is 0 Å². The first-order chi connectivity index (χ1) is 8.88. The SMILES string of the molecule is NS(=O)(=O)O.O=C(c1ccccc1)c1ccccc1. The second-order valence-corrected chi connectivity index (χ2v) is 4.61. The third-order valence-corrected chi connectivity index (χ3v) is 2.07. The molecule has 0 unspecified atom stereocenters. The predicted molar refractivity (Wildman–Crippen MR) is 72.1 cm³/mol. The van der Waals surface area contributed by atoms with E-state index in [1.165, 1.54) is 0 Å². The zero-order chi connectivity index (χ0) is 14.3. The summed E-state index contributed by atoms with van der Waals surface area (Å²) in [5.41, 5.74) is 1.47. The van der Waals surface area contributed by atoms with Crippen LogP contribution >= 0.6 is 0 Å². The van der Waals surface area contributed by atoms with Gasteiger partial charge in [0.1, 0.15) is 0 Å². The fourth-order valence-electron chi connectivity index (χ4n) is 1.35. The standard InChI is InChI=1S/C13H10O.H3NO3S/c14-13(11-7-3-1-4-8-11)12-9-5-2-6-10-12;1-5(2,3)4/h1-10H;(H3,1,2,3,4). The van der Waals surface area contributed by atoms with Crippen molar-refractivity contribution in [3.63, 3.8) is 0 Å². The van der Waals surface area contributed by atoms with Gasteiger partial charge in [0.2, 0.25) is 0 Å². The summed E-state index contributed by atoms with van der Waals surface area (Å²) in [6.07, 6.45) is 0. The smallest absolute Gasteiger partial charge is 0.289 e. The van der Waals surface area contributed by atoms with Crippen LogP contribution in [0.4, 0.5) is 0 Å². The first-order valence-electron chi connectivity index (χ1n) is 5.28. The second kappa shape index (κ2) is 6.79. The third kappa shape index (κ3) is 6.46. The van der Waals surface area contributed by atoms with Crippen molar-refractivity contribution in [2.45, 2.75) is 0 Å². The van der Waals surface area contributed by atoms with Crippen LogP contribution in [-0.4, -0.2) is 18.8 Å². The topological polar surface area (TPSA) is 97.5 Å². The number of nitrogens with two attached hydrogens (primary N) is 1. The quantitative estimate of drug-likeness (QED) is 0.645. The summed E-state index contributed by atoms with van der Waals surface area (Å²) in [6, 6.07) is 18.6. The molecule has 0 spiro atoms. The van der Waals surface area contributed by atoms with Gasteiger partial charge in [-0.3, -0.25) is 9.35 Å². The van der Waals surface area contributed by atoms with Gasteiger partial charge < -0.3 is 0 Å². The van der Waals surface area contributed by atoms with E-state index in [0.29, 0.717) is 0 Å². The van der Waals surface area contributed by atoms with E-state index in [-0.39, 0.29) is 5.78 Å². The van der Waals surface area contributed by atoms with Crippen LogP contribution in [0.2, 0.25) is 0 Å². The molecular weight excluding hydrogens is 266 g/mol. The second-order valence-electron chi connectivity index (χ2n) is 3.58. The van der Waals surface area contributed by atoms with Crippen LogP contribution in [0, 0.1) is 0 Å². The van der Waals surface area contributed by atoms with Crippen LogP contribution in [0.25, 0.3) is 0 Å². The van der Waals surface area contributed by atoms with E-state index < -0.39 is 10.3 Å². The van der Waals surface area contributed by atoms with Crippen molar-refractivity contribution in [2.24, 2.45) is 5.14 Å². The minimum absolute atomic E-state index is 0.0752. The molecule has 0 aliphatic rings. The van der Waals surface area contributed by atoms with Crippen molar-refractivity contribution < 1.29 is 17.8 Å². The molecule has 0 saturated heterocycles. The molecule has 0 fully saturated rings. The molecule has 6 heteroatoms. The number of rotatable bonds is 2. The fraction of sp³-hybridized carbons (Fsp3) is 0. The molecule has 0 aromatic heterocycles. The van der Waals surface area contributed by atoms with Crippen molar-refractivity contribution >= 4 is 16.1 Å². The summed E-state index contributed by atoms with van der Waals surface area (Å²) < 4.78 is 25.2. The molecule has 0 radical (unpaired) electrons. The van der Waals surface area contributed by atoms with E-state index in [1.54, 1.807) is 0 Å². The van der Waals surface area contributed by atoms with Crippen molar-refractivity contribution in [2.75, 3.05) is 0 Å². The van der Waals surface area contributed by atoms with Gasteiger partial charge in [-0.15, -0.1) is 0 Å². The molecular formula is C13H13NO4S. The Morgan fingerprint density at radius 1 is 0.842 bits per heavy atom. The van der Waals surface area contributed by atoms with Crippen molar-refractivity contribution in [1.82, 2.24) is 0 Å². The summed E-state index contributed by atoms with van der Waals surface area (Å²) >= 11 is 0. The van der Waals surface area contributed by atoms with E-state index in [1.807, 2.05) is 60.7 Å². The molecule has 2 aromatic rings. The summed E-state index contributed by atoms with van der Waals surface area (Å²) in [7, 11) is -4.17. The van der Waals surface area contributed by atoms with E-state index >= 15 is 0 Å². The van der Waals surface area contributed by atoms with Crippen LogP contribution in [0.5, 0.6) is 0 Å². The number of carbonyl (C=O) groups is 1. The van der Waals surface area contributed by atoms with Gasteiger partial charge in [0.25, 0.3) is 0 Å². The molecule has 2 aromatic carbocycles. The molecule has 0 bridgehead atoms. The van der Waals surface area contributed by atoms with Crippen molar-refractivity contribution in [3.8, 4) is 0 Å². The van der Waals surface area contributed by atoms with Gasteiger partial charge in [-0.25, -0.2) is 5.14 Å². The molecule has 0 saturated carbocycles. The summed E-state index contributed by atoms with van der Waals surface area (Å²) in [5.74, 6) is 0.0752. The van der Waals surface area contributed by atoms with Gasteiger partial charge in [0.05, 0.1) is 0 Å².